The van der Waals surface area contributed by atoms with Crippen LogP contribution >= 0.6 is 11.3 Å². The van der Waals surface area contributed by atoms with Gasteiger partial charge in [-0.25, -0.2) is 9.79 Å². The van der Waals surface area contributed by atoms with E-state index in [9.17, 15) is 9.59 Å². The fourth-order valence-corrected chi connectivity index (χ4v) is 5.26. The van der Waals surface area contributed by atoms with E-state index in [4.69, 9.17) is 18.9 Å². The quantitative estimate of drug-likeness (QED) is 0.399. The number of ether oxygens (including phenoxy) is 4. The molecule has 0 aliphatic carbocycles. The van der Waals surface area contributed by atoms with Gasteiger partial charge in [-0.2, -0.15) is 0 Å². The minimum atomic E-state index is -0.733. The van der Waals surface area contributed by atoms with Crippen LogP contribution in [0, 0.1) is 0 Å². The Labute approximate surface area is 219 Å². The maximum atomic E-state index is 13.8. The van der Waals surface area contributed by atoms with Gasteiger partial charge in [0.05, 0.1) is 48.8 Å². The second kappa shape index (κ2) is 11.5. The van der Waals surface area contributed by atoms with E-state index < -0.39 is 12.0 Å². The molecule has 1 aromatic heterocycles. The highest BCUT2D eigenvalue weighted by atomic mass is 32.1. The average molecular weight is 523 g/mol. The number of esters is 1. The molecular weight excluding hydrogens is 492 g/mol. The number of carbonyl (C=O) groups is 1. The highest BCUT2D eigenvalue weighted by Gasteiger charge is 2.34. The number of carbonyl (C=O) groups excluding carboxylic acids is 1. The molecule has 3 aromatic rings. The van der Waals surface area contributed by atoms with Crippen molar-refractivity contribution in [1.29, 1.82) is 0 Å². The summed E-state index contributed by atoms with van der Waals surface area (Å²) in [6.07, 6.45) is 1.82. The number of rotatable bonds is 9. The van der Waals surface area contributed by atoms with Crippen LogP contribution in [0.3, 0.4) is 0 Å². The number of hydrogen-bond donors (Lipinski definition) is 0. The topological polar surface area (TPSA) is 88.4 Å². The lowest BCUT2D eigenvalue weighted by atomic mass is 9.95. The van der Waals surface area contributed by atoms with Gasteiger partial charge in [0.25, 0.3) is 5.56 Å². The molecule has 9 heteroatoms. The summed E-state index contributed by atoms with van der Waals surface area (Å²) in [5.41, 5.74) is 2.12. The number of methoxy groups -OCH3 is 1. The number of fused-ring (bicyclic) bond motifs is 1. The van der Waals surface area contributed by atoms with E-state index in [0.29, 0.717) is 50.9 Å². The third kappa shape index (κ3) is 5.32. The second-order valence-electron chi connectivity index (χ2n) is 8.15. The number of hydrogen-bond acceptors (Lipinski definition) is 8. The molecule has 0 unspecified atom stereocenters. The van der Waals surface area contributed by atoms with E-state index in [1.54, 1.807) is 37.7 Å². The monoisotopic (exact) mass is 522 g/mol. The molecule has 0 saturated carbocycles. The van der Waals surface area contributed by atoms with Crippen molar-refractivity contribution in [2.45, 2.75) is 33.7 Å². The lowest BCUT2D eigenvalue weighted by molar-refractivity contribution is -0.139. The van der Waals surface area contributed by atoms with Gasteiger partial charge in [-0.05, 0) is 69.2 Å². The molecule has 0 fully saturated rings. The normalized spacial score (nSPS) is 15.2. The summed E-state index contributed by atoms with van der Waals surface area (Å²) in [6.45, 7) is 8.53. The first-order valence-corrected chi connectivity index (χ1v) is 13.0. The zero-order chi connectivity index (χ0) is 26.5. The summed E-state index contributed by atoms with van der Waals surface area (Å²) in [4.78, 5) is 32.0. The predicted molar refractivity (Wildman–Crippen MR) is 142 cm³/mol. The zero-order valence-electron chi connectivity index (χ0n) is 21.6. The van der Waals surface area contributed by atoms with Gasteiger partial charge < -0.3 is 18.9 Å². The molecule has 8 nitrogen and oxygen atoms in total. The molecule has 1 atom stereocenters. The first-order chi connectivity index (χ1) is 17.9. The molecule has 0 amide bonds. The molecule has 0 bridgehead atoms. The van der Waals surface area contributed by atoms with Crippen molar-refractivity contribution in [3.63, 3.8) is 0 Å². The minimum absolute atomic E-state index is 0.206. The molecule has 0 spiro atoms. The number of benzene rings is 2. The summed E-state index contributed by atoms with van der Waals surface area (Å²) in [5, 5.41) is 0. The van der Waals surface area contributed by atoms with Crippen molar-refractivity contribution in [3.05, 3.63) is 84.5 Å². The first-order valence-electron chi connectivity index (χ1n) is 12.1. The van der Waals surface area contributed by atoms with Gasteiger partial charge in [0.15, 0.2) is 16.3 Å². The van der Waals surface area contributed by atoms with Crippen LogP contribution in [-0.2, 0) is 9.53 Å². The summed E-state index contributed by atoms with van der Waals surface area (Å²) < 4.78 is 24.2. The molecule has 194 valence electrons. The van der Waals surface area contributed by atoms with Crippen LogP contribution in [0.4, 0.5) is 0 Å². The van der Waals surface area contributed by atoms with Crippen LogP contribution < -0.4 is 29.1 Å². The minimum Gasteiger partial charge on any atom is -0.494 e. The summed E-state index contributed by atoms with van der Waals surface area (Å²) in [5.74, 6) is 1.34. The van der Waals surface area contributed by atoms with Crippen molar-refractivity contribution < 1.29 is 23.7 Å². The molecule has 1 aliphatic heterocycles. The lowest BCUT2D eigenvalue weighted by Crippen LogP contribution is -2.40. The SMILES string of the molecule is CCOC(=O)C1=C(C)N=c2s/c(=C\c3ccc(OCC)cc3)c(=O)n2[C@@H]1c1ccc(OC)c(OCC)c1. The van der Waals surface area contributed by atoms with Gasteiger partial charge in [-0.3, -0.25) is 9.36 Å². The Morgan fingerprint density at radius 2 is 1.76 bits per heavy atom. The molecule has 4 rings (SSSR count). The Morgan fingerprint density at radius 3 is 2.41 bits per heavy atom. The van der Waals surface area contributed by atoms with Crippen LogP contribution in [0.25, 0.3) is 6.08 Å². The largest absolute Gasteiger partial charge is 0.494 e. The fraction of sp³-hybridized carbons (Fsp3) is 0.321. The van der Waals surface area contributed by atoms with Gasteiger partial charge in [0.1, 0.15) is 5.75 Å². The van der Waals surface area contributed by atoms with Crippen molar-refractivity contribution >= 4 is 23.4 Å². The van der Waals surface area contributed by atoms with Crippen LogP contribution in [0.1, 0.15) is 44.9 Å². The highest BCUT2D eigenvalue weighted by Crippen LogP contribution is 2.36. The summed E-state index contributed by atoms with van der Waals surface area (Å²) in [7, 11) is 1.57. The van der Waals surface area contributed by atoms with Gasteiger partial charge >= 0.3 is 5.97 Å². The van der Waals surface area contributed by atoms with Crippen LogP contribution in [0.2, 0.25) is 0 Å². The molecule has 1 aliphatic rings. The average Bonchev–Trinajstić information content (AvgIpc) is 3.19. The number of aromatic nitrogens is 1. The Balaban J connectivity index is 1.90. The smallest absolute Gasteiger partial charge is 0.338 e. The number of thiazole rings is 1. The predicted octanol–water partition coefficient (Wildman–Crippen LogP) is 3.60. The summed E-state index contributed by atoms with van der Waals surface area (Å²) in [6, 6.07) is 12.2. The first kappa shape index (κ1) is 26.2. The van der Waals surface area contributed by atoms with Crippen LogP contribution in [0.5, 0.6) is 17.2 Å². The molecule has 0 radical (unpaired) electrons. The Kier molecular flexibility index (Phi) is 8.13. The fourth-order valence-electron chi connectivity index (χ4n) is 4.22. The van der Waals surface area contributed by atoms with E-state index in [0.717, 1.165) is 11.3 Å². The maximum absolute atomic E-state index is 13.8. The van der Waals surface area contributed by atoms with E-state index in [1.165, 1.54) is 11.3 Å². The molecule has 0 N–H and O–H groups in total. The standard InChI is InChI=1S/C28H30N2O6S/c1-6-34-20-12-9-18(10-13-20)15-23-26(31)30-25(19-11-14-21(33-5)22(16-19)35-7-2)24(27(32)36-8-3)17(4)29-28(30)37-23/h9-16,25H,6-8H2,1-5H3/b23-15-/t25-/m1/s1. The lowest BCUT2D eigenvalue weighted by Gasteiger charge is -2.25. The number of nitrogens with zero attached hydrogens (tertiary/aromatic N) is 2. The second-order valence-corrected chi connectivity index (χ2v) is 9.16. The molecule has 2 heterocycles. The molecule has 0 saturated heterocycles. The van der Waals surface area contributed by atoms with Crippen molar-refractivity contribution in [2.75, 3.05) is 26.9 Å². The zero-order valence-corrected chi connectivity index (χ0v) is 22.4. The van der Waals surface area contributed by atoms with Crippen molar-refractivity contribution in [3.8, 4) is 17.2 Å². The van der Waals surface area contributed by atoms with Crippen LogP contribution in [0.15, 0.2) is 63.5 Å². The highest BCUT2D eigenvalue weighted by molar-refractivity contribution is 7.07. The molecule has 37 heavy (non-hydrogen) atoms. The van der Waals surface area contributed by atoms with Gasteiger partial charge in [-0.15, -0.1) is 0 Å². The summed E-state index contributed by atoms with van der Waals surface area (Å²) >= 11 is 1.28. The van der Waals surface area contributed by atoms with E-state index in [2.05, 4.69) is 4.99 Å². The van der Waals surface area contributed by atoms with Gasteiger partial charge in [0, 0.05) is 0 Å². The third-order valence-electron chi connectivity index (χ3n) is 5.81. The van der Waals surface area contributed by atoms with Crippen LogP contribution in [-0.4, -0.2) is 37.5 Å². The Bertz CT molecular complexity index is 1500. The maximum Gasteiger partial charge on any atom is 0.338 e. The molecule has 2 aromatic carbocycles. The van der Waals surface area contributed by atoms with Crippen molar-refractivity contribution in [2.24, 2.45) is 4.99 Å². The van der Waals surface area contributed by atoms with E-state index in [1.807, 2.05) is 50.3 Å². The third-order valence-corrected chi connectivity index (χ3v) is 6.79. The van der Waals surface area contributed by atoms with Gasteiger partial charge in [-0.1, -0.05) is 29.5 Å². The van der Waals surface area contributed by atoms with Gasteiger partial charge in [0.2, 0.25) is 0 Å². The van der Waals surface area contributed by atoms with E-state index >= 15 is 0 Å². The Hall–Kier alpha value is -3.85. The number of allylic oxidation sites excluding steroid dienone is 1. The molecular formula is C28H30N2O6S. The van der Waals surface area contributed by atoms with E-state index in [-0.39, 0.29) is 12.2 Å². The Morgan fingerprint density at radius 1 is 1.03 bits per heavy atom. The van der Waals surface area contributed by atoms with Crippen molar-refractivity contribution in [1.82, 2.24) is 4.57 Å².